The van der Waals surface area contributed by atoms with Gasteiger partial charge in [-0.3, -0.25) is 4.79 Å². The highest BCUT2D eigenvalue weighted by Gasteiger charge is 2.27. The lowest BCUT2D eigenvalue weighted by Crippen LogP contribution is -2.46. The number of nitrogens with one attached hydrogen (secondary N) is 1. The first kappa shape index (κ1) is 18.4. The highest BCUT2D eigenvalue weighted by molar-refractivity contribution is 7.18. The molecule has 1 saturated heterocycles. The second-order valence-electron chi connectivity index (χ2n) is 7.06. The molecule has 28 heavy (non-hydrogen) atoms. The Morgan fingerprint density at radius 2 is 1.96 bits per heavy atom. The van der Waals surface area contributed by atoms with Gasteiger partial charge in [0, 0.05) is 25.2 Å². The molecule has 3 amide bonds. The van der Waals surface area contributed by atoms with Crippen LogP contribution in [0.1, 0.15) is 23.4 Å². The van der Waals surface area contributed by atoms with E-state index in [-0.39, 0.29) is 11.8 Å². The van der Waals surface area contributed by atoms with Crippen LogP contribution in [0.3, 0.4) is 0 Å². The number of piperidine rings is 1. The van der Waals surface area contributed by atoms with Crippen molar-refractivity contribution in [3.05, 3.63) is 59.1 Å². The molecule has 7 heteroatoms. The van der Waals surface area contributed by atoms with Gasteiger partial charge in [0.15, 0.2) is 0 Å². The number of carbonyl (C=O) groups excluding carboxylic acids is 2. The van der Waals surface area contributed by atoms with Crippen molar-refractivity contribution in [3.63, 3.8) is 0 Å². The number of benzene rings is 2. The molecule has 3 N–H and O–H groups in total. The zero-order valence-electron chi connectivity index (χ0n) is 15.4. The number of fused-ring (bicyclic) bond motifs is 1. The van der Waals surface area contributed by atoms with Crippen LogP contribution in [-0.2, 0) is 11.2 Å². The number of rotatable bonds is 4. The molecule has 0 saturated carbocycles. The van der Waals surface area contributed by atoms with Gasteiger partial charge >= 0.3 is 6.03 Å². The number of primary amides is 1. The molecule has 2 heterocycles. The summed E-state index contributed by atoms with van der Waals surface area (Å²) in [6.45, 7) is 1.01. The van der Waals surface area contributed by atoms with Gasteiger partial charge in [-0.2, -0.15) is 0 Å². The third-order valence-electron chi connectivity index (χ3n) is 5.02. The Bertz CT molecular complexity index is 966. The Hall–Kier alpha value is -2.93. The molecule has 1 aliphatic heterocycles. The summed E-state index contributed by atoms with van der Waals surface area (Å²) in [6.07, 6.45) is 2.33. The van der Waals surface area contributed by atoms with Crippen molar-refractivity contribution in [2.45, 2.75) is 19.3 Å². The van der Waals surface area contributed by atoms with E-state index < -0.39 is 6.03 Å². The summed E-state index contributed by atoms with van der Waals surface area (Å²) in [5.74, 6) is -0.284. The number of carbonyl (C=O) groups is 2. The zero-order valence-corrected chi connectivity index (χ0v) is 16.2. The Labute approximate surface area is 167 Å². The van der Waals surface area contributed by atoms with Gasteiger partial charge in [0.25, 0.3) is 0 Å². The third kappa shape index (κ3) is 4.14. The number of hydrogen-bond acceptors (Lipinski definition) is 4. The van der Waals surface area contributed by atoms with Gasteiger partial charge in [-0.15, -0.1) is 11.3 Å². The van der Waals surface area contributed by atoms with Gasteiger partial charge in [-0.1, -0.05) is 24.3 Å². The highest BCUT2D eigenvalue weighted by atomic mass is 32.1. The van der Waals surface area contributed by atoms with Crippen molar-refractivity contribution in [1.29, 1.82) is 0 Å². The molecule has 6 nitrogen and oxygen atoms in total. The van der Waals surface area contributed by atoms with E-state index >= 15 is 0 Å². The lowest BCUT2D eigenvalue weighted by molar-refractivity contribution is -0.121. The van der Waals surface area contributed by atoms with Crippen LogP contribution >= 0.6 is 11.3 Å². The minimum Gasteiger partial charge on any atom is -0.351 e. The predicted molar refractivity (Wildman–Crippen MR) is 111 cm³/mol. The fourth-order valence-corrected chi connectivity index (χ4v) is 4.51. The summed E-state index contributed by atoms with van der Waals surface area (Å²) < 4.78 is 1.19. The average Bonchev–Trinajstić information content (AvgIpc) is 3.12. The van der Waals surface area contributed by atoms with Crippen LogP contribution in [0.2, 0.25) is 0 Å². The van der Waals surface area contributed by atoms with E-state index in [4.69, 9.17) is 5.73 Å². The van der Waals surface area contributed by atoms with Crippen molar-refractivity contribution in [1.82, 2.24) is 9.88 Å². The number of nitrogens with zero attached hydrogens (tertiary/aromatic N) is 2. The van der Waals surface area contributed by atoms with E-state index in [1.165, 1.54) is 9.60 Å². The first-order chi connectivity index (χ1) is 13.6. The fourth-order valence-electron chi connectivity index (χ4n) is 3.51. The van der Waals surface area contributed by atoms with E-state index in [9.17, 15) is 9.59 Å². The van der Waals surface area contributed by atoms with Crippen LogP contribution in [0, 0.1) is 5.92 Å². The summed E-state index contributed by atoms with van der Waals surface area (Å²) in [7, 11) is 0. The molecule has 2 aromatic carbocycles. The van der Waals surface area contributed by atoms with Gasteiger partial charge in [-0.05, 0) is 42.7 Å². The summed E-state index contributed by atoms with van der Waals surface area (Å²) in [5.41, 5.74) is 8.28. The summed E-state index contributed by atoms with van der Waals surface area (Å²) in [4.78, 5) is 30.1. The monoisotopic (exact) mass is 394 g/mol. The number of hydrogen-bond donors (Lipinski definition) is 2. The summed E-state index contributed by atoms with van der Waals surface area (Å²) >= 11 is 1.70. The van der Waals surface area contributed by atoms with Crippen molar-refractivity contribution >= 4 is 39.2 Å². The summed E-state index contributed by atoms with van der Waals surface area (Å²) in [6, 6.07) is 15.5. The van der Waals surface area contributed by atoms with Gasteiger partial charge in [-0.25, -0.2) is 9.78 Å². The van der Waals surface area contributed by atoms with Gasteiger partial charge in [0.05, 0.1) is 21.1 Å². The molecule has 0 aliphatic carbocycles. The number of likely N-dealkylation sites (tertiary alicyclic amines) is 1. The number of nitrogens with two attached hydrogens (primary N) is 1. The molecule has 1 fully saturated rings. The average molecular weight is 395 g/mol. The van der Waals surface area contributed by atoms with E-state index in [0.717, 1.165) is 41.0 Å². The molecular formula is C21H22N4O2S. The number of para-hydroxylation sites is 1. The standard InChI is InChI=1S/C21H22N4O2S/c22-21(27)25-11-3-4-15(13-25)20(26)23-16-9-7-14(8-10-16)12-19-24-17-5-1-2-6-18(17)28-19/h1-2,5-10,15H,3-4,11-13H2,(H2,22,27)(H,23,26). The first-order valence-corrected chi connectivity index (χ1v) is 10.2. The SMILES string of the molecule is NC(=O)N1CCCC(C(=O)Nc2ccc(Cc3nc4ccccc4s3)cc2)C1. The molecular weight excluding hydrogens is 372 g/mol. The number of thiazole rings is 1. The molecule has 1 unspecified atom stereocenters. The Morgan fingerprint density at radius 3 is 2.71 bits per heavy atom. The molecule has 4 rings (SSSR count). The first-order valence-electron chi connectivity index (χ1n) is 9.37. The molecule has 0 radical (unpaired) electrons. The Kier molecular flexibility index (Phi) is 5.25. The number of amides is 3. The highest BCUT2D eigenvalue weighted by Crippen LogP contribution is 2.24. The van der Waals surface area contributed by atoms with Crippen LogP contribution in [0.15, 0.2) is 48.5 Å². The fraction of sp³-hybridized carbons (Fsp3) is 0.286. The zero-order chi connectivity index (χ0) is 19.5. The van der Waals surface area contributed by atoms with Crippen molar-refractivity contribution < 1.29 is 9.59 Å². The smallest absolute Gasteiger partial charge is 0.314 e. The van der Waals surface area contributed by atoms with Crippen LogP contribution in [0.5, 0.6) is 0 Å². The Morgan fingerprint density at radius 1 is 1.18 bits per heavy atom. The van der Waals surface area contributed by atoms with Crippen LogP contribution < -0.4 is 11.1 Å². The lowest BCUT2D eigenvalue weighted by Gasteiger charge is -2.30. The van der Waals surface area contributed by atoms with E-state index in [1.54, 1.807) is 11.3 Å². The van der Waals surface area contributed by atoms with Crippen molar-refractivity contribution in [3.8, 4) is 0 Å². The van der Waals surface area contributed by atoms with E-state index in [1.807, 2.05) is 42.5 Å². The van der Waals surface area contributed by atoms with Gasteiger partial charge in [0.1, 0.15) is 0 Å². The maximum Gasteiger partial charge on any atom is 0.314 e. The second-order valence-corrected chi connectivity index (χ2v) is 8.18. The number of aromatic nitrogens is 1. The molecule has 1 aliphatic rings. The minimum atomic E-state index is -0.461. The molecule has 3 aromatic rings. The van der Waals surface area contributed by atoms with Crippen LogP contribution in [0.25, 0.3) is 10.2 Å². The third-order valence-corrected chi connectivity index (χ3v) is 6.06. The van der Waals surface area contributed by atoms with Crippen molar-refractivity contribution in [2.24, 2.45) is 11.7 Å². The maximum absolute atomic E-state index is 12.5. The molecule has 1 atom stereocenters. The number of urea groups is 1. The van der Waals surface area contributed by atoms with Gasteiger partial charge in [0.2, 0.25) is 5.91 Å². The second kappa shape index (κ2) is 7.98. The Balaban J connectivity index is 1.37. The molecule has 1 aromatic heterocycles. The predicted octanol–water partition coefficient (Wildman–Crippen LogP) is 3.62. The lowest BCUT2D eigenvalue weighted by atomic mass is 9.97. The number of anilines is 1. The molecule has 0 bridgehead atoms. The van der Waals surface area contributed by atoms with Gasteiger partial charge < -0.3 is 16.0 Å². The molecule has 0 spiro atoms. The van der Waals surface area contributed by atoms with E-state index in [0.29, 0.717) is 13.1 Å². The molecule has 144 valence electrons. The summed E-state index contributed by atoms with van der Waals surface area (Å²) in [5, 5.41) is 4.03. The quantitative estimate of drug-likeness (QED) is 0.708. The van der Waals surface area contributed by atoms with Crippen LogP contribution in [0.4, 0.5) is 10.5 Å². The maximum atomic E-state index is 12.5. The topological polar surface area (TPSA) is 88.3 Å². The largest absolute Gasteiger partial charge is 0.351 e. The van der Waals surface area contributed by atoms with E-state index in [2.05, 4.69) is 16.4 Å². The normalized spacial score (nSPS) is 16.9. The minimum absolute atomic E-state index is 0.0649. The van der Waals surface area contributed by atoms with Crippen molar-refractivity contribution in [2.75, 3.05) is 18.4 Å². The van der Waals surface area contributed by atoms with Crippen LogP contribution in [-0.4, -0.2) is 34.9 Å².